The minimum Gasteiger partial charge on any atom is -0.496 e. The van der Waals surface area contributed by atoms with Gasteiger partial charge in [0.2, 0.25) is 11.8 Å². The molecule has 1 aliphatic rings. The molecule has 0 radical (unpaired) electrons. The number of nitrogens with one attached hydrogen (secondary N) is 1. The molecule has 0 fully saturated rings. The molecule has 32 heavy (non-hydrogen) atoms. The minimum atomic E-state index is 0.490. The molecule has 2 aromatic carbocycles. The summed E-state index contributed by atoms with van der Waals surface area (Å²) in [6, 6.07) is 16.1. The molecule has 0 saturated heterocycles. The lowest BCUT2D eigenvalue weighted by Crippen LogP contribution is -2.27. The molecule has 0 unspecified atom stereocenters. The lowest BCUT2D eigenvalue weighted by molar-refractivity contribution is 0.307. The van der Waals surface area contributed by atoms with E-state index in [0.29, 0.717) is 11.8 Å². The van der Waals surface area contributed by atoms with Crippen molar-refractivity contribution in [1.82, 2.24) is 19.9 Å². The van der Waals surface area contributed by atoms with E-state index in [1.165, 1.54) is 5.56 Å². The van der Waals surface area contributed by atoms with Crippen molar-refractivity contribution < 1.29 is 9.47 Å². The van der Waals surface area contributed by atoms with Crippen LogP contribution in [0.1, 0.15) is 11.3 Å². The molecular formula is C25H25N5O2. The van der Waals surface area contributed by atoms with E-state index < -0.39 is 0 Å². The van der Waals surface area contributed by atoms with E-state index in [-0.39, 0.29) is 0 Å². The first-order valence-electron chi connectivity index (χ1n) is 10.6. The number of ether oxygens (including phenoxy) is 2. The van der Waals surface area contributed by atoms with Gasteiger partial charge in [-0.25, -0.2) is 15.0 Å². The molecule has 0 saturated carbocycles. The number of methoxy groups -OCH3 is 2. The predicted octanol–water partition coefficient (Wildman–Crippen LogP) is 4.44. The standard InChI is InChI=1S/C25H25N5O2/c1-30-12-11-20-17(15-30)13-21(24(27-20)32-3)28-25-26-14-16-7-6-9-19(23(16)29-25)18-8-4-5-10-22(18)31-2/h4-10,13-14H,11-12,15H2,1-3H3,(H,26,28,29). The minimum absolute atomic E-state index is 0.490. The van der Waals surface area contributed by atoms with Crippen LogP contribution in [-0.2, 0) is 13.0 Å². The lowest BCUT2D eigenvalue weighted by atomic mass is 10.0. The van der Waals surface area contributed by atoms with Crippen LogP contribution in [0.15, 0.2) is 54.7 Å². The van der Waals surface area contributed by atoms with Crippen LogP contribution in [0.5, 0.6) is 11.6 Å². The van der Waals surface area contributed by atoms with Gasteiger partial charge in [0, 0.05) is 42.2 Å². The first-order valence-corrected chi connectivity index (χ1v) is 10.6. The van der Waals surface area contributed by atoms with Gasteiger partial charge in [-0.15, -0.1) is 0 Å². The summed E-state index contributed by atoms with van der Waals surface area (Å²) in [5.74, 6) is 1.84. The van der Waals surface area contributed by atoms with Gasteiger partial charge in [-0.1, -0.05) is 36.4 Å². The third kappa shape index (κ3) is 3.71. The summed E-state index contributed by atoms with van der Waals surface area (Å²) in [4.78, 5) is 16.4. The first-order chi connectivity index (χ1) is 15.7. The Morgan fingerprint density at radius 1 is 0.969 bits per heavy atom. The Bertz CT molecular complexity index is 1290. The van der Waals surface area contributed by atoms with Gasteiger partial charge < -0.3 is 19.7 Å². The van der Waals surface area contributed by atoms with Gasteiger partial charge in [-0.3, -0.25) is 0 Å². The van der Waals surface area contributed by atoms with E-state index in [4.69, 9.17) is 19.4 Å². The van der Waals surface area contributed by atoms with Crippen molar-refractivity contribution in [3.8, 4) is 22.8 Å². The van der Waals surface area contributed by atoms with Crippen molar-refractivity contribution in [2.24, 2.45) is 0 Å². The van der Waals surface area contributed by atoms with E-state index >= 15 is 0 Å². The molecule has 0 bridgehead atoms. The second kappa shape index (κ2) is 8.43. The van der Waals surface area contributed by atoms with Gasteiger partial charge >= 0.3 is 0 Å². The number of para-hydroxylation sites is 2. The lowest BCUT2D eigenvalue weighted by Gasteiger charge is -2.25. The second-order valence-corrected chi connectivity index (χ2v) is 7.90. The summed E-state index contributed by atoms with van der Waals surface area (Å²) in [6.45, 7) is 1.85. The fourth-order valence-electron chi connectivity index (χ4n) is 4.16. The fraction of sp³-hybridized carbons (Fsp3) is 0.240. The van der Waals surface area contributed by atoms with Crippen LogP contribution in [0.2, 0.25) is 0 Å². The summed E-state index contributed by atoms with van der Waals surface area (Å²) in [7, 11) is 5.43. The number of benzene rings is 2. The molecule has 7 heteroatoms. The van der Waals surface area contributed by atoms with Crippen molar-refractivity contribution in [3.05, 3.63) is 66.0 Å². The third-order valence-corrected chi connectivity index (χ3v) is 5.77. The number of aromatic nitrogens is 3. The van der Waals surface area contributed by atoms with Crippen molar-refractivity contribution >= 4 is 22.5 Å². The summed E-state index contributed by atoms with van der Waals surface area (Å²) in [5, 5.41) is 4.28. The van der Waals surface area contributed by atoms with Gasteiger partial charge in [0.25, 0.3) is 0 Å². The number of hydrogen-bond acceptors (Lipinski definition) is 7. The Morgan fingerprint density at radius 3 is 2.66 bits per heavy atom. The van der Waals surface area contributed by atoms with Gasteiger partial charge in [-0.05, 0) is 24.7 Å². The predicted molar refractivity (Wildman–Crippen MR) is 126 cm³/mol. The average molecular weight is 428 g/mol. The molecule has 4 aromatic rings. The van der Waals surface area contributed by atoms with E-state index in [1.54, 1.807) is 14.2 Å². The highest BCUT2D eigenvalue weighted by Crippen LogP contribution is 2.35. The quantitative estimate of drug-likeness (QED) is 0.505. The van der Waals surface area contributed by atoms with Gasteiger partial charge in [0.1, 0.15) is 11.4 Å². The number of pyridine rings is 1. The molecule has 2 aromatic heterocycles. The molecule has 1 N–H and O–H groups in total. The maximum Gasteiger partial charge on any atom is 0.237 e. The molecule has 0 aliphatic carbocycles. The van der Waals surface area contributed by atoms with Crippen LogP contribution in [0.25, 0.3) is 22.0 Å². The molecule has 5 rings (SSSR count). The van der Waals surface area contributed by atoms with E-state index in [9.17, 15) is 0 Å². The number of anilines is 2. The maximum atomic E-state index is 5.58. The van der Waals surface area contributed by atoms with E-state index in [2.05, 4.69) is 28.3 Å². The zero-order valence-electron chi connectivity index (χ0n) is 18.4. The van der Waals surface area contributed by atoms with E-state index in [0.717, 1.165) is 58.7 Å². The summed E-state index contributed by atoms with van der Waals surface area (Å²) >= 11 is 0. The van der Waals surface area contributed by atoms with Gasteiger partial charge in [-0.2, -0.15) is 0 Å². The molecule has 0 amide bonds. The van der Waals surface area contributed by atoms with Crippen molar-refractivity contribution in [2.75, 3.05) is 33.1 Å². The van der Waals surface area contributed by atoms with Crippen LogP contribution in [0.4, 0.5) is 11.6 Å². The Kier molecular flexibility index (Phi) is 5.33. The normalized spacial score (nSPS) is 13.6. The highest BCUT2D eigenvalue weighted by Gasteiger charge is 2.19. The van der Waals surface area contributed by atoms with Crippen LogP contribution < -0.4 is 14.8 Å². The Morgan fingerprint density at radius 2 is 1.81 bits per heavy atom. The van der Waals surface area contributed by atoms with Gasteiger partial charge in [0.15, 0.2) is 0 Å². The number of likely N-dealkylation sites (N-methyl/N-ethyl adjacent to an activating group) is 1. The number of fused-ring (bicyclic) bond motifs is 2. The van der Waals surface area contributed by atoms with Crippen LogP contribution >= 0.6 is 0 Å². The molecule has 7 nitrogen and oxygen atoms in total. The Balaban J connectivity index is 1.57. The highest BCUT2D eigenvalue weighted by atomic mass is 16.5. The Labute approximate surface area is 187 Å². The smallest absolute Gasteiger partial charge is 0.237 e. The van der Waals surface area contributed by atoms with Crippen LogP contribution in [0, 0.1) is 0 Å². The Hall–Kier alpha value is -3.71. The van der Waals surface area contributed by atoms with Crippen molar-refractivity contribution in [3.63, 3.8) is 0 Å². The maximum absolute atomic E-state index is 5.58. The van der Waals surface area contributed by atoms with Gasteiger partial charge in [0.05, 0.1) is 25.4 Å². The largest absolute Gasteiger partial charge is 0.496 e. The molecule has 3 heterocycles. The average Bonchev–Trinajstić information content (AvgIpc) is 2.83. The number of nitrogens with zero attached hydrogens (tertiary/aromatic N) is 4. The summed E-state index contributed by atoms with van der Waals surface area (Å²) in [6.07, 6.45) is 2.74. The second-order valence-electron chi connectivity index (χ2n) is 7.90. The number of hydrogen-bond donors (Lipinski definition) is 1. The monoisotopic (exact) mass is 427 g/mol. The zero-order chi connectivity index (χ0) is 22.1. The van der Waals surface area contributed by atoms with Crippen molar-refractivity contribution in [2.45, 2.75) is 13.0 Å². The third-order valence-electron chi connectivity index (χ3n) is 5.77. The fourth-order valence-corrected chi connectivity index (χ4v) is 4.16. The molecule has 162 valence electrons. The highest BCUT2D eigenvalue weighted by molar-refractivity contribution is 5.95. The first kappa shape index (κ1) is 20.2. The molecule has 0 spiro atoms. The topological polar surface area (TPSA) is 72.4 Å². The van der Waals surface area contributed by atoms with Crippen LogP contribution in [-0.4, -0.2) is 47.7 Å². The van der Waals surface area contributed by atoms with Crippen molar-refractivity contribution in [1.29, 1.82) is 0 Å². The molecule has 1 aliphatic heterocycles. The molecular weight excluding hydrogens is 402 g/mol. The zero-order valence-corrected chi connectivity index (χ0v) is 18.4. The summed E-state index contributed by atoms with van der Waals surface area (Å²) in [5.41, 5.74) is 5.86. The van der Waals surface area contributed by atoms with Crippen LogP contribution in [0.3, 0.4) is 0 Å². The SMILES string of the molecule is COc1ccccc1-c1cccc2cnc(Nc3cc4c(nc3OC)CCN(C)C4)nc12. The number of rotatable bonds is 5. The summed E-state index contributed by atoms with van der Waals surface area (Å²) < 4.78 is 11.1. The van der Waals surface area contributed by atoms with E-state index in [1.807, 2.05) is 48.7 Å². The molecule has 0 atom stereocenters.